The summed E-state index contributed by atoms with van der Waals surface area (Å²) in [5, 5.41) is 10.4. The van der Waals surface area contributed by atoms with Gasteiger partial charge in [-0.1, -0.05) is 6.07 Å². The van der Waals surface area contributed by atoms with Gasteiger partial charge in [0.05, 0.1) is 35.5 Å². The highest BCUT2D eigenvalue weighted by Crippen LogP contribution is 2.50. The molecule has 0 aliphatic carbocycles. The van der Waals surface area contributed by atoms with Crippen LogP contribution in [-0.4, -0.2) is 53.0 Å². The molecule has 0 saturated carbocycles. The van der Waals surface area contributed by atoms with Crippen molar-refractivity contribution in [1.82, 2.24) is 4.90 Å². The zero-order valence-electron chi connectivity index (χ0n) is 20.5. The van der Waals surface area contributed by atoms with Crippen molar-refractivity contribution in [3.05, 3.63) is 47.2 Å². The van der Waals surface area contributed by atoms with E-state index in [4.69, 9.17) is 23.7 Å². The van der Waals surface area contributed by atoms with E-state index in [1.807, 2.05) is 30.3 Å². The van der Waals surface area contributed by atoms with E-state index in [-0.39, 0.29) is 5.92 Å². The molecule has 0 N–H and O–H groups in total. The Morgan fingerprint density at radius 2 is 1.50 bits per heavy atom. The molecule has 0 radical (unpaired) electrons. The summed E-state index contributed by atoms with van der Waals surface area (Å²) in [4.78, 5) is 2.30. The molecule has 2 atom stereocenters. The summed E-state index contributed by atoms with van der Waals surface area (Å²) in [5.74, 6) is 3.03. The van der Waals surface area contributed by atoms with Gasteiger partial charge in [-0.05, 0) is 61.1 Å². The van der Waals surface area contributed by atoms with Crippen molar-refractivity contribution in [1.29, 1.82) is 5.26 Å². The number of piperidine rings is 1. The normalized spacial score (nSPS) is 19.7. The van der Waals surface area contributed by atoms with Crippen molar-refractivity contribution in [2.75, 3.05) is 42.1 Å². The molecule has 1 saturated heterocycles. The van der Waals surface area contributed by atoms with Crippen molar-refractivity contribution >= 4 is 5.57 Å². The second-order valence-electron chi connectivity index (χ2n) is 8.53. The van der Waals surface area contributed by atoms with Crippen molar-refractivity contribution in [3.8, 4) is 34.8 Å². The predicted octanol–water partition coefficient (Wildman–Crippen LogP) is 5.01. The molecule has 0 aromatic heterocycles. The smallest absolute Gasteiger partial charge is 0.203 e. The van der Waals surface area contributed by atoms with Gasteiger partial charge in [-0.25, -0.2) is 0 Å². The van der Waals surface area contributed by atoms with Crippen LogP contribution in [0.1, 0.15) is 42.7 Å². The van der Waals surface area contributed by atoms with Gasteiger partial charge in [-0.2, -0.15) is 5.26 Å². The molecule has 2 heterocycles. The lowest BCUT2D eigenvalue weighted by Crippen LogP contribution is -2.43. The van der Waals surface area contributed by atoms with E-state index in [1.165, 1.54) is 6.42 Å². The molecule has 1 fully saturated rings. The van der Waals surface area contributed by atoms with Crippen molar-refractivity contribution < 1.29 is 23.7 Å². The van der Waals surface area contributed by atoms with E-state index in [0.29, 0.717) is 34.8 Å². The number of fused-ring (bicyclic) bond motifs is 1. The third-order valence-electron chi connectivity index (χ3n) is 6.92. The van der Waals surface area contributed by atoms with E-state index in [9.17, 15) is 5.26 Å². The molecular weight excluding hydrogens is 432 g/mol. The van der Waals surface area contributed by atoms with Gasteiger partial charge in [-0.15, -0.1) is 0 Å². The van der Waals surface area contributed by atoms with E-state index in [0.717, 1.165) is 48.2 Å². The molecule has 2 aromatic carbocycles. The Kier molecular flexibility index (Phi) is 7.06. The van der Waals surface area contributed by atoms with Gasteiger partial charge in [0, 0.05) is 24.1 Å². The lowest BCUT2D eigenvalue weighted by molar-refractivity contribution is 0.177. The van der Waals surface area contributed by atoms with Crippen LogP contribution in [0.5, 0.6) is 28.7 Å². The largest absolute Gasteiger partial charge is 0.493 e. The lowest BCUT2D eigenvalue weighted by atomic mass is 9.75. The summed E-state index contributed by atoms with van der Waals surface area (Å²) >= 11 is 0. The van der Waals surface area contributed by atoms with Crippen molar-refractivity contribution in [3.63, 3.8) is 0 Å². The second kappa shape index (κ2) is 10.2. The number of methoxy groups -OCH3 is 5. The molecule has 4 rings (SSSR count). The minimum absolute atomic E-state index is 0.0270. The predicted molar refractivity (Wildman–Crippen MR) is 130 cm³/mol. The molecule has 2 aromatic rings. The van der Waals surface area contributed by atoms with Crippen molar-refractivity contribution in [2.24, 2.45) is 0 Å². The van der Waals surface area contributed by atoms with Crippen LogP contribution in [0.3, 0.4) is 0 Å². The van der Waals surface area contributed by atoms with Crippen LogP contribution in [0.2, 0.25) is 0 Å². The van der Waals surface area contributed by atoms with Crippen LogP contribution < -0.4 is 23.7 Å². The van der Waals surface area contributed by atoms with E-state index in [1.54, 1.807) is 35.5 Å². The first-order valence-corrected chi connectivity index (χ1v) is 11.5. The third kappa shape index (κ3) is 4.09. The molecule has 0 amide bonds. The minimum Gasteiger partial charge on any atom is -0.493 e. The number of hydrogen-bond donors (Lipinski definition) is 0. The van der Waals surface area contributed by atoms with E-state index in [2.05, 4.69) is 11.0 Å². The molecule has 34 heavy (non-hydrogen) atoms. The Bertz CT molecular complexity index is 1100. The molecule has 0 spiro atoms. The number of nitrogens with zero attached hydrogens (tertiary/aromatic N) is 2. The van der Waals surface area contributed by atoms with Gasteiger partial charge in [0.1, 0.15) is 11.8 Å². The topological polar surface area (TPSA) is 73.2 Å². The number of allylic oxidation sites excluding steroid dienone is 2. The van der Waals surface area contributed by atoms with Crippen LogP contribution in [0.4, 0.5) is 0 Å². The standard InChI is InChI=1S/C27H32N2O5/c1-30-22-10-9-17(12-23(22)31-2)26-20(15-19-8-6-7-11-29(19)21(26)16-28)18-13-24(32-3)27(34-5)25(14-18)33-4/h9-10,12-14,19-20H,6-8,11,15H2,1-5H3. The fourth-order valence-electron chi connectivity index (χ4n) is 5.32. The molecule has 0 bridgehead atoms. The molecule has 2 unspecified atom stereocenters. The quantitative estimate of drug-likeness (QED) is 0.570. The highest BCUT2D eigenvalue weighted by molar-refractivity contribution is 5.79. The van der Waals surface area contributed by atoms with Gasteiger partial charge in [-0.3, -0.25) is 0 Å². The number of hydrogen-bond acceptors (Lipinski definition) is 7. The second-order valence-corrected chi connectivity index (χ2v) is 8.53. The SMILES string of the molecule is COc1ccc(C2=C(C#N)N3CCCCC3CC2c2cc(OC)c(OC)c(OC)c2)cc1OC. The molecule has 2 aliphatic heterocycles. The Labute approximate surface area is 201 Å². The highest BCUT2D eigenvalue weighted by atomic mass is 16.5. The van der Waals surface area contributed by atoms with Crippen molar-refractivity contribution in [2.45, 2.75) is 37.6 Å². The fourth-order valence-corrected chi connectivity index (χ4v) is 5.32. The number of rotatable bonds is 7. The van der Waals surface area contributed by atoms with Gasteiger partial charge >= 0.3 is 0 Å². The van der Waals surface area contributed by atoms with Gasteiger partial charge in [0.25, 0.3) is 0 Å². The lowest BCUT2D eigenvalue weighted by Gasteiger charge is -2.44. The molecule has 2 aliphatic rings. The third-order valence-corrected chi connectivity index (χ3v) is 6.92. The molecule has 7 nitrogen and oxygen atoms in total. The summed E-state index contributed by atoms with van der Waals surface area (Å²) in [6, 6.07) is 12.7. The van der Waals surface area contributed by atoms with Crippen LogP contribution in [0.15, 0.2) is 36.0 Å². The Morgan fingerprint density at radius 3 is 2.09 bits per heavy atom. The van der Waals surface area contributed by atoms with E-state index >= 15 is 0 Å². The first-order valence-electron chi connectivity index (χ1n) is 11.5. The highest BCUT2D eigenvalue weighted by Gasteiger charge is 2.38. The van der Waals surface area contributed by atoms with Crippen LogP contribution in [0, 0.1) is 11.3 Å². The summed E-state index contributed by atoms with van der Waals surface area (Å²) in [6.45, 7) is 0.895. The number of nitriles is 1. The average Bonchev–Trinajstić information content (AvgIpc) is 2.90. The van der Waals surface area contributed by atoms with E-state index < -0.39 is 0 Å². The number of benzene rings is 2. The Balaban J connectivity index is 1.94. The summed E-state index contributed by atoms with van der Waals surface area (Å²) in [7, 11) is 8.09. The monoisotopic (exact) mass is 464 g/mol. The zero-order valence-corrected chi connectivity index (χ0v) is 20.5. The zero-order chi connectivity index (χ0) is 24.2. The Morgan fingerprint density at radius 1 is 0.824 bits per heavy atom. The van der Waals surface area contributed by atoms with Crippen LogP contribution in [-0.2, 0) is 0 Å². The first-order chi connectivity index (χ1) is 16.6. The first kappa shape index (κ1) is 23.6. The maximum atomic E-state index is 10.4. The average molecular weight is 465 g/mol. The summed E-state index contributed by atoms with van der Waals surface area (Å²) < 4.78 is 27.9. The summed E-state index contributed by atoms with van der Waals surface area (Å²) in [5.41, 5.74) is 3.67. The van der Waals surface area contributed by atoms with Gasteiger partial charge < -0.3 is 28.6 Å². The van der Waals surface area contributed by atoms with Crippen LogP contribution >= 0.6 is 0 Å². The molecule has 7 heteroatoms. The van der Waals surface area contributed by atoms with Crippen LogP contribution in [0.25, 0.3) is 5.57 Å². The molecular formula is C27H32N2O5. The Hall–Kier alpha value is -3.53. The fraction of sp³-hybridized carbons (Fsp3) is 0.444. The summed E-state index contributed by atoms with van der Waals surface area (Å²) in [6.07, 6.45) is 4.24. The number of ether oxygens (including phenoxy) is 5. The molecule has 180 valence electrons. The maximum absolute atomic E-state index is 10.4. The van der Waals surface area contributed by atoms with Gasteiger partial charge in [0.2, 0.25) is 5.75 Å². The van der Waals surface area contributed by atoms with Gasteiger partial charge in [0.15, 0.2) is 23.0 Å². The maximum Gasteiger partial charge on any atom is 0.203 e. The minimum atomic E-state index is -0.0270.